The summed E-state index contributed by atoms with van der Waals surface area (Å²) >= 11 is 0. The van der Waals surface area contributed by atoms with Gasteiger partial charge in [-0.05, 0) is 0 Å². The van der Waals surface area contributed by atoms with Gasteiger partial charge in [-0.15, -0.1) is 0 Å². The summed E-state index contributed by atoms with van der Waals surface area (Å²) in [6, 6.07) is 0. The molecule has 2 fully saturated rings. The van der Waals surface area contributed by atoms with E-state index in [1.165, 1.54) is 0 Å². The van der Waals surface area contributed by atoms with Gasteiger partial charge in [0.1, 0.15) is 12.2 Å². The Bertz CT molecular complexity index is 295. The molecule has 0 radical (unpaired) electrons. The van der Waals surface area contributed by atoms with Gasteiger partial charge in [-0.2, -0.15) is 0 Å². The van der Waals surface area contributed by atoms with Crippen LogP contribution in [0.2, 0.25) is 0 Å². The quantitative estimate of drug-likeness (QED) is 0.543. The molecule has 2 aliphatic rings. The predicted molar refractivity (Wildman–Crippen MR) is 46.7 cm³/mol. The van der Waals surface area contributed by atoms with Gasteiger partial charge >= 0.3 is 7.82 Å². The second kappa shape index (κ2) is 3.78. The molecule has 2 rings (SSSR count). The van der Waals surface area contributed by atoms with Gasteiger partial charge in [-0.25, -0.2) is 4.57 Å². The van der Waals surface area contributed by atoms with Crippen molar-refractivity contribution < 1.29 is 33.5 Å². The van der Waals surface area contributed by atoms with Crippen LogP contribution in [0.25, 0.3) is 0 Å². The summed E-state index contributed by atoms with van der Waals surface area (Å²) in [5.41, 5.74) is 0. The maximum absolute atomic E-state index is 11.0. The molecule has 0 aromatic rings. The second-order valence-electron chi connectivity index (χ2n) is 3.76. The van der Waals surface area contributed by atoms with Gasteiger partial charge in [0.2, 0.25) is 0 Å². The lowest BCUT2D eigenvalue weighted by Gasteiger charge is -2.21. The molecule has 0 aromatic heterocycles. The van der Waals surface area contributed by atoms with E-state index in [9.17, 15) is 9.67 Å². The van der Waals surface area contributed by atoms with Crippen molar-refractivity contribution >= 4 is 7.82 Å². The van der Waals surface area contributed by atoms with Gasteiger partial charge in [0.05, 0.1) is 6.10 Å². The van der Waals surface area contributed by atoms with E-state index in [0.29, 0.717) is 0 Å². The van der Waals surface area contributed by atoms with Crippen molar-refractivity contribution in [3.05, 3.63) is 0 Å². The lowest BCUT2D eigenvalue weighted by molar-refractivity contribution is -0.0998. The Morgan fingerprint density at radius 3 is 2.67 bits per heavy atom. The molecule has 0 amide bonds. The van der Waals surface area contributed by atoms with Crippen LogP contribution in [0, 0.1) is 5.92 Å². The maximum Gasteiger partial charge on any atom is 0.475 e. The Morgan fingerprint density at radius 2 is 2.13 bits per heavy atom. The maximum atomic E-state index is 11.0. The molecule has 0 spiro atoms. The average molecular weight is 240 g/mol. The van der Waals surface area contributed by atoms with Gasteiger partial charge in [-0.1, -0.05) is 6.92 Å². The number of aliphatic hydroxyl groups excluding tert-OH is 2. The molecule has 1 unspecified atom stereocenters. The van der Waals surface area contributed by atoms with Crippen LogP contribution < -0.4 is 0 Å². The van der Waals surface area contributed by atoms with Crippen LogP contribution in [-0.4, -0.2) is 46.3 Å². The molecular weight excluding hydrogens is 227 g/mol. The average Bonchev–Trinajstić information content (AvgIpc) is 2.60. The van der Waals surface area contributed by atoms with E-state index in [1.54, 1.807) is 6.92 Å². The van der Waals surface area contributed by atoms with E-state index in [4.69, 9.17) is 14.7 Å². The van der Waals surface area contributed by atoms with Crippen molar-refractivity contribution in [3.8, 4) is 0 Å². The third-order valence-electron chi connectivity index (χ3n) is 2.57. The molecule has 0 bridgehead atoms. The highest BCUT2D eigenvalue weighted by atomic mass is 31.2. The Hall–Kier alpha value is -0.0100. The van der Waals surface area contributed by atoms with Crippen molar-refractivity contribution in [1.82, 2.24) is 0 Å². The van der Waals surface area contributed by atoms with E-state index in [-0.39, 0.29) is 12.5 Å². The molecule has 0 aliphatic carbocycles. The van der Waals surface area contributed by atoms with E-state index < -0.39 is 32.4 Å². The minimum absolute atomic E-state index is 0.155. The summed E-state index contributed by atoms with van der Waals surface area (Å²) in [4.78, 5) is 8.97. The topological polar surface area (TPSA) is 105 Å². The zero-order valence-corrected chi connectivity index (χ0v) is 8.91. The van der Waals surface area contributed by atoms with Crippen LogP contribution in [-0.2, 0) is 18.3 Å². The summed E-state index contributed by atoms with van der Waals surface area (Å²) in [5.74, 6) is -0.295. The Balaban J connectivity index is 2.08. The number of fused-ring (bicyclic) bond motifs is 1. The van der Waals surface area contributed by atoms with E-state index in [0.717, 1.165) is 0 Å². The molecule has 15 heavy (non-hydrogen) atoms. The van der Waals surface area contributed by atoms with Crippen LogP contribution in [0.3, 0.4) is 0 Å². The van der Waals surface area contributed by atoms with Crippen molar-refractivity contribution in [2.75, 3.05) is 6.61 Å². The third-order valence-corrected chi connectivity index (χ3v) is 3.56. The summed E-state index contributed by atoms with van der Waals surface area (Å²) in [6.07, 6.45) is -3.71. The molecule has 3 N–H and O–H groups in total. The standard InChI is InChI=1S/C7H13O7P/c1-3(2-8)5-4(9)6-7(12-5)14-15(10,11)13-6/h3-9H,2H2,1H3,(H,10,11)/t3-,4+,5-,6-,7-/m1/s1. The summed E-state index contributed by atoms with van der Waals surface area (Å²) in [5, 5.41) is 18.6. The molecule has 7 nitrogen and oxygen atoms in total. The smallest absolute Gasteiger partial charge is 0.396 e. The minimum Gasteiger partial charge on any atom is -0.396 e. The molecule has 2 heterocycles. The molecule has 0 saturated carbocycles. The van der Waals surface area contributed by atoms with Gasteiger partial charge < -0.3 is 19.8 Å². The molecule has 2 saturated heterocycles. The first-order valence-electron chi connectivity index (χ1n) is 4.58. The number of aliphatic hydroxyl groups is 2. The van der Waals surface area contributed by atoms with E-state index in [1.807, 2.05) is 0 Å². The summed E-state index contributed by atoms with van der Waals surface area (Å²) in [7, 11) is -4.07. The van der Waals surface area contributed by atoms with Gasteiger partial charge in [-0.3, -0.25) is 9.05 Å². The van der Waals surface area contributed by atoms with Gasteiger partial charge in [0.15, 0.2) is 6.29 Å². The number of ether oxygens (including phenoxy) is 1. The predicted octanol–water partition coefficient (Wildman–Crippen LogP) is -0.784. The zero-order chi connectivity index (χ0) is 11.2. The monoisotopic (exact) mass is 240 g/mol. The van der Waals surface area contributed by atoms with Crippen LogP contribution in [0.1, 0.15) is 6.92 Å². The highest BCUT2D eigenvalue weighted by Crippen LogP contribution is 2.56. The number of phosphoric acid groups is 1. The van der Waals surface area contributed by atoms with Crippen LogP contribution in [0.4, 0.5) is 0 Å². The summed E-state index contributed by atoms with van der Waals surface area (Å²) < 4.78 is 25.4. The van der Waals surface area contributed by atoms with Crippen LogP contribution in [0.5, 0.6) is 0 Å². The highest BCUT2D eigenvalue weighted by molar-refractivity contribution is 7.47. The fraction of sp³-hybridized carbons (Fsp3) is 1.00. The Morgan fingerprint density at radius 1 is 1.47 bits per heavy atom. The van der Waals surface area contributed by atoms with Gasteiger partial charge in [0.25, 0.3) is 0 Å². The van der Waals surface area contributed by atoms with E-state index >= 15 is 0 Å². The van der Waals surface area contributed by atoms with Crippen molar-refractivity contribution in [1.29, 1.82) is 0 Å². The number of rotatable bonds is 2. The molecule has 2 aliphatic heterocycles. The molecule has 0 aromatic carbocycles. The second-order valence-corrected chi connectivity index (χ2v) is 5.12. The fourth-order valence-electron chi connectivity index (χ4n) is 1.74. The van der Waals surface area contributed by atoms with Gasteiger partial charge in [0, 0.05) is 12.5 Å². The van der Waals surface area contributed by atoms with Crippen molar-refractivity contribution in [2.45, 2.75) is 31.5 Å². The number of phosphoric ester groups is 1. The molecule has 6 atom stereocenters. The number of hydrogen-bond donors (Lipinski definition) is 3. The first kappa shape index (κ1) is 11.5. The van der Waals surface area contributed by atoms with E-state index in [2.05, 4.69) is 9.05 Å². The molecular formula is C7H13O7P. The number of hydrogen-bond acceptors (Lipinski definition) is 6. The van der Waals surface area contributed by atoms with Crippen molar-refractivity contribution in [3.63, 3.8) is 0 Å². The molecule has 88 valence electrons. The van der Waals surface area contributed by atoms with Crippen LogP contribution in [0.15, 0.2) is 0 Å². The minimum atomic E-state index is -4.07. The van der Waals surface area contributed by atoms with Crippen LogP contribution >= 0.6 is 7.82 Å². The van der Waals surface area contributed by atoms with Crippen molar-refractivity contribution in [2.24, 2.45) is 5.92 Å². The first-order valence-corrected chi connectivity index (χ1v) is 6.08. The normalized spacial score (nSPS) is 51.7. The fourth-order valence-corrected chi connectivity index (χ4v) is 2.76. The SMILES string of the molecule is C[C@H](CO)[C@H]1O[C@@H]2OP(=O)(O)O[C@@H]2[C@H]1O. The first-order chi connectivity index (χ1) is 6.94. The largest absolute Gasteiger partial charge is 0.475 e. The zero-order valence-electron chi connectivity index (χ0n) is 8.02. The lowest BCUT2D eigenvalue weighted by Crippen LogP contribution is -2.36. The molecule has 8 heteroatoms. The Labute approximate surface area is 86.2 Å². The Kier molecular flexibility index (Phi) is 2.89. The third kappa shape index (κ3) is 1.97. The highest BCUT2D eigenvalue weighted by Gasteiger charge is 2.56. The lowest BCUT2D eigenvalue weighted by atomic mass is 10.00. The summed E-state index contributed by atoms with van der Waals surface area (Å²) in [6.45, 7) is 1.53.